The maximum atomic E-state index is 10.1. The van der Waals surface area contributed by atoms with Crippen molar-refractivity contribution in [2.24, 2.45) is 0 Å². The van der Waals surface area contributed by atoms with Gasteiger partial charge in [-0.15, -0.1) is 0 Å². The molecule has 1 rings (SSSR count). The lowest BCUT2D eigenvalue weighted by atomic mass is 10.0. The summed E-state index contributed by atoms with van der Waals surface area (Å²) in [6, 6.07) is 7.91. The predicted molar refractivity (Wildman–Crippen MR) is 128 cm³/mol. The summed E-state index contributed by atoms with van der Waals surface area (Å²) in [4.78, 5) is 0. The van der Waals surface area contributed by atoms with Gasteiger partial charge in [0.1, 0.15) is 5.75 Å². The number of unbranched alkanes of at least 4 members (excludes halogenated alkanes) is 14. The summed E-state index contributed by atoms with van der Waals surface area (Å²) >= 11 is 0. The molecular weight excluding hydrogens is 356 g/mol. The van der Waals surface area contributed by atoms with Crippen LogP contribution in [-0.4, -0.2) is 18.3 Å². The Morgan fingerprint density at radius 2 is 1.17 bits per heavy atom. The maximum absolute atomic E-state index is 10.1. The van der Waals surface area contributed by atoms with Crippen LogP contribution < -0.4 is 4.74 Å². The fourth-order valence-electron chi connectivity index (χ4n) is 3.76. The van der Waals surface area contributed by atoms with E-state index in [1.807, 2.05) is 36.4 Å². The first-order valence-electron chi connectivity index (χ1n) is 12.3. The summed E-state index contributed by atoms with van der Waals surface area (Å²) in [6.45, 7) is 2.28. The van der Waals surface area contributed by atoms with E-state index < -0.39 is 0 Å². The number of hydrogen-bond acceptors (Lipinski definition) is 2. The van der Waals surface area contributed by atoms with Gasteiger partial charge in [-0.1, -0.05) is 128 Å². The molecule has 29 heavy (non-hydrogen) atoms. The highest BCUT2D eigenvalue weighted by molar-refractivity contribution is 5.51. The second kappa shape index (κ2) is 18.7. The first kappa shape index (κ1) is 25.8. The van der Waals surface area contributed by atoms with Gasteiger partial charge < -0.3 is 9.84 Å². The number of aliphatic hydroxyl groups is 1. The van der Waals surface area contributed by atoms with Gasteiger partial charge in [-0.25, -0.2) is 0 Å². The average molecular weight is 403 g/mol. The van der Waals surface area contributed by atoms with Crippen LogP contribution in [-0.2, 0) is 0 Å². The van der Waals surface area contributed by atoms with Gasteiger partial charge in [-0.05, 0) is 24.1 Å². The molecule has 0 bridgehead atoms. The molecule has 0 amide bonds. The number of hydrogen-bond donors (Lipinski definition) is 1. The van der Waals surface area contributed by atoms with Crippen LogP contribution in [0.4, 0.5) is 0 Å². The third-order valence-electron chi connectivity index (χ3n) is 5.73. The molecule has 1 unspecified atom stereocenters. The number of ether oxygens (including phenoxy) is 1. The quantitative estimate of drug-likeness (QED) is 0.236. The summed E-state index contributed by atoms with van der Waals surface area (Å²) < 4.78 is 5.16. The molecule has 1 aromatic rings. The van der Waals surface area contributed by atoms with Gasteiger partial charge in [-0.3, -0.25) is 0 Å². The van der Waals surface area contributed by atoms with Crippen molar-refractivity contribution >= 4 is 6.08 Å². The zero-order valence-electron chi connectivity index (χ0n) is 19.2. The van der Waals surface area contributed by atoms with Gasteiger partial charge >= 0.3 is 0 Å². The Bertz CT molecular complexity index is 492. The average Bonchev–Trinajstić information content (AvgIpc) is 2.75. The fourth-order valence-corrected chi connectivity index (χ4v) is 3.76. The highest BCUT2D eigenvalue weighted by Gasteiger charge is 2.00. The van der Waals surface area contributed by atoms with E-state index in [4.69, 9.17) is 4.74 Å². The third-order valence-corrected chi connectivity index (χ3v) is 5.73. The lowest BCUT2D eigenvalue weighted by molar-refractivity contribution is 0.208. The maximum Gasteiger partial charge on any atom is 0.118 e. The van der Waals surface area contributed by atoms with E-state index in [2.05, 4.69) is 6.92 Å². The third kappa shape index (κ3) is 15.3. The van der Waals surface area contributed by atoms with Crippen molar-refractivity contribution in [3.8, 4) is 5.75 Å². The van der Waals surface area contributed by atoms with E-state index in [-0.39, 0.29) is 6.10 Å². The molecule has 0 spiro atoms. The molecular formula is C27H46O2. The number of aliphatic hydroxyl groups excluding tert-OH is 1. The topological polar surface area (TPSA) is 29.5 Å². The van der Waals surface area contributed by atoms with Gasteiger partial charge in [0.25, 0.3) is 0 Å². The molecule has 0 fully saturated rings. The van der Waals surface area contributed by atoms with E-state index in [1.165, 1.54) is 89.9 Å². The van der Waals surface area contributed by atoms with Crippen LogP contribution in [0.1, 0.15) is 115 Å². The number of methoxy groups -OCH3 is 1. The monoisotopic (exact) mass is 402 g/mol. The van der Waals surface area contributed by atoms with Gasteiger partial charge in [0.05, 0.1) is 13.2 Å². The molecule has 1 N–H and O–H groups in total. The molecule has 0 aliphatic carbocycles. The Balaban J connectivity index is 1.87. The zero-order chi connectivity index (χ0) is 21.0. The molecule has 0 aliphatic heterocycles. The minimum atomic E-state index is -0.334. The van der Waals surface area contributed by atoms with Crippen LogP contribution in [0.2, 0.25) is 0 Å². The molecule has 0 saturated carbocycles. The Kier molecular flexibility index (Phi) is 16.6. The second-order valence-corrected chi connectivity index (χ2v) is 8.44. The summed E-state index contributed by atoms with van der Waals surface area (Å²) in [6.07, 6.45) is 25.1. The molecule has 0 radical (unpaired) electrons. The van der Waals surface area contributed by atoms with Gasteiger partial charge in [0.15, 0.2) is 0 Å². The summed E-state index contributed by atoms with van der Waals surface area (Å²) in [7, 11) is 1.67. The summed E-state index contributed by atoms with van der Waals surface area (Å²) in [5, 5.41) is 10.1. The Hall–Kier alpha value is -1.28. The molecule has 0 aliphatic rings. The van der Waals surface area contributed by atoms with Crippen molar-refractivity contribution in [1.29, 1.82) is 0 Å². The highest BCUT2D eigenvalue weighted by atomic mass is 16.5. The van der Waals surface area contributed by atoms with Crippen LogP contribution in [0.15, 0.2) is 30.3 Å². The second-order valence-electron chi connectivity index (χ2n) is 8.44. The Labute approximate surface area is 180 Å². The van der Waals surface area contributed by atoms with E-state index >= 15 is 0 Å². The van der Waals surface area contributed by atoms with Crippen LogP contribution in [0.3, 0.4) is 0 Å². The van der Waals surface area contributed by atoms with Crippen molar-refractivity contribution in [1.82, 2.24) is 0 Å². The largest absolute Gasteiger partial charge is 0.497 e. The minimum Gasteiger partial charge on any atom is -0.497 e. The molecule has 2 nitrogen and oxygen atoms in total. The summed E-state index contributed by atoms with van der Waals surface area (Å²) in [5.41, 5.74) is 1.10. The molecule has 1 aromatic carbocycles. The van der Waals surface area contributed by atoms with Crippen LogP contribution >= 0.6 is 0 Å². The smallest absolute Gasteiger partial charge is 0.118 e. The van der Waals surface area contributed by atoms with Crippen molar-refractivity contribution in [3.05, 3.63) is 35.9 Å². The van der Waals surface area contributed by atoms with Crippen LogP contribution in [0, 0.1) is 0 Å². The zero-order valence-corrected chi connectivity index (χ0v) is 19.2. The van der Waals surface area contributed by atoms with Crippen molar-refractivity contribution in [2.45, 2.75) is 116 Å². The first-order chi connectivity index (χ1) is 14.3. The minimum absolute atomic E-state index is 0.334. The van der Waals surface area contributed by atoms with Gasteiger partial charge in [0.2, 0.25) is 0 Å². The van der Waals surface area contributed by atoms with Gasteiger partial charge in [-0.2, -0.15) is 0 Å². The van der Waals surface area contributed by atoms with Crippen molar-refractivity contribution in [2.75, 3.05) is 7.11 Å². The van der Waals surface area contributed by atoms with Crippen molar-refractivity contribution in [3.63, 3.8) is 0 Å². The number of benzene rings is 1. The molecule has 166 valence electrons. The normalized spacial score (nSPS) is 12.5. The fraction of sp³-hybridized carbons (Fsp3) is 0.704. The molecule has 1 atom stereocenters. The van der Waals surface area contributed by atoms with Crippen LogP contribution in [0.5, 0.6) is 5.75 Å². The molecule has 0 aromatic heterocycles. The predicted octanol–water partition coefficient (Wildman–Crippen LogP) is 8.33. The summed E-state index contributed by atoms with van der Waals surface area (Å²) in [5.74, 6) is 0.862. The SMILES string of the molecule is CCCCCCCCCCCCCCCCCC(O)/C=C/c1ccc(OC)cc1. The highest BCUT2D eigenvalue weighted by Crippen LogP contribution is 2.15. The van der Waals surface area contributed by atoms with E-state index in [9.17, 15) is 5.11 Å². The molecule has 0 heterocycles. The van der Waals surface area contributed by atoms with E-state index in [0.29, 0.717) is 0 Å². The Morgan fingerprint density at radius 3 is 1.62 bits per heavy atom. The first-order valence-corrected chi connectivity index (χ1v) is 12.3. The Morgan fingerprint density at radius 1 is 0.724 bits per heavy atom. The van der Waals surface area contributed by atoms with Crippen LogP contribution in [0.25, 0.3) is 6.08 Å². The van der Waals surface area contributed by atoms with Gasteiger partial charge in [0, 0.05) is 0 Å². The van der Waals surface area contributed by atoms with Crippen molar-refractivity contribution < 1.29 is 9.84 Å². The lowest BCUT2D eigenvalue weighted by Crippen LogP contribution is -2.01. The molecule has 2 heteroatoms. The van der Waals surface area contributed by atoms with E-state index in [0.717, 1.165) is 24.2 Å². The van der Waals surface area contributed by atoms with E-state index in [1.54, 1.807) is 7.11 Å². The standard InChI is InChI=1S/C27H46O2/c1-3-4-5-6-7-8-9-10-11-12-13-14-15-16-17-18-26(28)22-19-25-20-23-27(29-2)24-21-25/h19-24,26,28H,3-18H2,1-2H3/b22-19+. The molecule has 0 saturated heterocycles. The number of rotatable bonds is 19. The lowest BCUT2D eigenvalue weighted by Gasteiger charge is -2.06.